The van der Waals surface area contributed by atoms with Crippen LogP contribution in [0, 0.1) is 0 Å². The van der Waals surface area contributed by atoms with Crippen molar-refractivity contribution >= 4 is 5.82 Å². The molecule has 98 valence electrons. The van der Waals surface area contributed by atoms with E-state index < -0.39 is 0 Å². The van der Waals surface area contributed by atoms with Crippen LogP contribution >= 0.6 is 0 Å². The number of hydrogen-bond donors (Lipinski definition) is 1. The SMILES string of the molecule is COCC1=CCN(c2cc([C@@H](C)N)ccn2)CC1. The molecule has 1 atom stereocenters. The Morgan fingerprint density at radius 2 is 2.39 bits per heavy atom. The molecule has 18 heavy (non-hydrogen) atoms. The Bertz CT molecular complexity index is 429. The number of methoxy groups -OCH3 is 1. The maximum atomic E-state index is 5.90. The zero-order valence-corrected chi connectivity index (χ0v) is 11.1. The number of anilines is 1. The molecule has 0 unspecified atom stereocenters. The van der Waals surface area contributed by atoms with Gasteiger partial charge in [-0.3, -0.25) is 0 Å². The van der Waals surface area contributed by atoms with E-state index in [1.165, 1.54) is 5.57 Å². The van der Waals surface area contributed by atoms with Crippen LogP contribution in [0.1, 0.15) is 24.9 Å². The van der Waals surface area contributed by atoms with Crippen molar-refractivity contribution in [1.29, 1.82) is 0 Å². The molecule has 1 aliphatic rings. The van der Waals surface area contributed by atoms with E-state index in [4.69, 9.17) is 10.5 Å². The monoisotopic (exact) mass is 247 g/mol. The fraction of sp³-hybridized carbons (Fsp3) is 0.500. The third-order valence-electron chi connectivity index (χ3n) is 3.25. The molecule has 1 aromatic rings. The number of nitrogens with two attached hydrogens (primary N) is 1. The number of aromatic nitrogens is 1. The summed E-state index contributed by atoms with van der Waals surface area (Å²) in [5.74, 6) is 1.01. The zero-order chi connectivity index (χ0) is 13.0. The summed E-state index contributed by atoms with van der Waals surface area (Å²) in [5.41, 5.74) is 8.40. The summed E-state index contributed by atoms with van der Waals surface area (Å²) in [6.07, 6.45) is 5.10. The summed E-state index contributed by atoms with van der Waals surface area (Å²) < 4.78 is 5.15. The molecular weight excluding hydrogens is 226 g/mol. The normalized spacial score (nSPS) is 17.5. The Kier molecular flexibility index (Phi) is 4.33. The second kappa shape index (κ2) is 5.98. The predicted octanol–water partition coefficient (Wildman–Crippen LogP) is 1.88. The Hall–Kier alpha value is -1.39. The molecule has 0 saturated heterocycles. The highest BCUT2D eigenvalue weighted by molar-refractivity contribution is 5.44. The summed E-state index contributed by atoms with van der Waals surface area (Å²) in [7, 11) is 1.74. The Balaban J connectivity index is 2.07. The van der Waals surface area contributed by atoms with E-state index in [1.54, 1.807) is 7.11 Å². The van der Waals surface area contributed by atoms with Crippen LogP contribution in [0.25, 0.3) is 0 Å². The summed E-state index contributed by atoms with van der Waals surface area (Å²) in [6.45, 7) is 4.62. The van der Waals surface area contributed by atoms with Gasteiger partial charge in [-0.25, -0.2) is 4.98 Å². The lowest BCUT2D eigenvalue weighted by atomic mass is 10.1. The lowest BCUT2D eigenvalue weighted by Crippen LogP contribution is -2.30. The molecular formula is C14H21N3O. The van der Waals surface area contributed by atoms with Crippen molar-refractivity contribution in [3.8, 4) is 0 Å². The predicted molar refractivity (Wildman–Crippen MR) is 73.6 cm³/mol. The molecule has 0 saturated carbocycles. The quantitative estimate of drug-likeness (QED) is 0.825. The van der Waals surface area contributed by atoms with Gasteiger partial charge in [-0.2, -0.15) is 0 Å². The van der Waals surface area contributed by atoms with Crippen LogP contribution < -0.4 is 10.6 Å². The fourth-order valence-corrected chi connectivity index (χ4v) is 2.13. The van der Waals surface area contributed by atoms with Gasteiger partial charge in [0, 0.05) is 32.4 Å². The average molecular weight is 247 g/mol. The number of pyridine rings is 1. The summed E-state index contributed by atoms with van der Waals surface area (Å²) in [5, 5.41) is 0. The molecule has 0 aliphatic carbocycles. The van der Waals surface area contributed by atoms with Crippen LogP contribution in [0.2, 0.25) is 0 Å². The highest BCUT2D eigenvalue weighted by Gasteiger charge is 2.13. The van der Waals surface area contributed by atoms with E-state index in [9.17, 15) is 0 Å². The van der Waals surface area contributed by atoms with Gasteiger partial charge in [-0.1, -0.05) is 6.08 Å². The second-order valence-corrected chi connectivity index (χ2v) is 4.73. The average Bonchev–Trinajstić information content (AvgIpc) is 2.40. The van der Waals surface area contributed by atoms with Gasteiger partial charge in [-0.05, 0) is 36.6 Å². The summed E-state index contributed by atoms with van der Waals surface area (Å²) >= 11 is 0. The highest BCUT2D eigenvalue weighted by atomic mass is 16.5. The first-order valence-corrected chi connectivity index (χ1v) is 6.34. The van der Waals surface area contributed by atoms with Crippen LogP contribution in [0.3, 0.4) is 0 Å². The number of ether oxygens (including phenoxy) is 1. The number of nitrogens with zero attached hydrogens (tertiary/aromatic N) is 2. The Labute approximate surface area is 108 Å². The molecule has 2 N–H and O–H groups in total. The van der Waals surface area contributed by atoms with Crippen molar-refractivity contribution in [2.45, 2.75) is 19.4 Å². The highest BCUT2D eigenvalue weighted by Crippen LogP contribution is 2.20. The summed E-state index contributed by atoms with van der Waals surface area (Å²) in [6, 6.07) is 4.11. The maximum Gasteiger partial charge on any atom is 0.129 e. The minimum absolute atomic E-state index is 0.0520. The van der Waals surface area contributed by atoms with Crippen molar-refractivity contribution in [2.24, 2.45) is 5.73 Å². The second-order valence-electron chi connectivity index (χ2n) is 4.73. The number of rotatable bonds is 4. The first kappa shape index (κ1) is 13.1. The van der Waals surface area contributed by atoms with Crippen LogP contribution in [0.5, 0.6) is 0 Å². The molecule has 4 nitrogen and oxygen atoms in total. The van der Waals surface area contributed by atoms with Crippen molar-refractivity contribution in [2.75, 3.05) is 31.7 Å². The minimum Gasteiger partial charge on any atom is -0.380 e. The van der Waals surface area contributed by atoms with Gasteiger partial charge < -0.3 is 15.4 Å². The first-order chi connectivity index (χ1) is 8.70. The molecule has 0 radical (unpaired) electrons. The molecule has 0 bridgehead atoms. The van der Waals surface area contributed by atoms with Gasteiger partial charge in [0.15, 0.2) is 0 Å². The lowest BCUT2D eigenvalue weighted by molar-refractivity contribution is 0.222. The van der Waals surface area contributed by atoms with Gasteiger partial charge >= 0.3 is 0 Å². The van der Waals surface area contributed by atoms with Crippen molar-refractivity contribution < 1.29 is 4.74 Å². The number of hydrogen-bond acceptors (Lipinski definition) is 4. The van der Waals surface area contributed by atoms with Crippen molar-refractivity contribution in [1.82, 2.24) is 4.98 Å². The molecule has 1 aromatic heterocycles. The van der Waals surface area contributed by atoms with Crippen molar-refractivity contribution in [3.05, 3.63) is 35.5 Å². The van der Waals surface area contributed by atoms with E-state index >= 15 is 0 Å². The molecule has 0 amide bonds. The third-order valence-corrected chi connectivity index (χ3v) is 3.25. The molecule has 0 aromatic carbocycles. The molecule has 0 spiro atoms. The smallest absolute Gasteiger partial charge is 0.129 e. The summed E-state index contributed by atoms with van der Waals surface area (Å²) in [4.78, 5) is 6.70. The Morgan fingerprint density at radius 1 is 1.56 bits per heavy atom. The minimum atomic E-state index is 0.0520. The molecule has 4 heteroatoms. The van der Waals surface area contributed by atoms with Gasteiger partial charge in [0.25, 0.3) is 0 Å². The molecule has 2 heterocycles. The van der Waals surface area contributed by atoms with E-state index in [0.29, 0.717) is 0 Å². The van der Waals surface area contributed by atoms with Crippen molar-refractivity contribution in [3.63, 3.8) is 0 Å². The fourth-order valence-electron chi connectivity index (χ4n) is 2.13. The van der Waals surface area contributed by atoms with Crippen LogP contribution in [-0.4, -0.2) is 31.8 Å². The van der Waals surface area contributed by atoms with Crippen LogP contribution in [0.4, 0.5) is 5.82 Å². The van der Waals surface area contributed by atoms with Gasteiger partial charge in [0.1, 0.15) is 5.82 Å². The van der Waals surface area contributed by atoms with E-state index in [-0.39, 0.29) is 6.04 Å². The molecule has 2 rings (SSSR count). The van der Waals surface area contributed by atoms with E-state index in [0.717, 1.165) is 37.5 Å². The third kappa shape index (κ3) is 3.09. The first-order valence-electron chi connectivity index (χ1n) is 6.34. The maximum absolute atomic E-state index is 5.90. The van der Waals surface area contributed by atoms with Gasteiger partial charge in [0.05, 0.1) is 6.61 Å². The zero-order valence-electron chi connectivity index (χ0n) is 11.1. The standard InChI is InChI=1S/C14H21N3O/c1-11(15)13-3-6-16-14(9-13)17-7-4-12(5-8-17)10-18-2/h3-4,6,9,11H,5,7-8,10,15H2,1-2H3/t11-/m1/s1. The lowest BCUT2D eigenvalue weighted by Gasteiger charge is -2.27. The molecule has 0 fully saturated rings. The Morgan fingerprint density at radius 3 is 3.00 bits per heavy atom. The van der Waals surface area contributed by atoms with Gasteiger partial charge in [0.2, 0.25) is 0 Å². The largest absolute Gasteiger partial charge is 0.380 e. The van der Waals surface area contributed by atoms with Crippen LogP contribution in [-0.2, 0) is 4.74 Å². The van der Waals surface area contributed by atoms with E-state index in [1.807, 2.05) is 19.2 Å². The van der Waals surface area contributed by atoms with Crippen LogP contribution in [0.15, 0.2) is 30.0 Å². The van der Waals surface area contributed by atoms with E-state index in [2.05, 4.69) is 22.0 Å². The molecule has 1 aliphatic heterocycles. The topological polar surface area (TPSA) is 51.4 Å². The van der Waals surface area contributed by atoms with Gasteiger partial charge in [-0.15, -0.1) is 0 Å².